The molecule has 0 spiro atoms. The van der Waals surface area contributed by atoms with Crippen LogP contribution in [0.3, 0.4) is 0 Å². The summed E-state index contributed by atoms with van der Waals surface area (Å²) in [7, 11) is 1.43. The molecule has 0 fully saturated rings. The van der Waals surface area contributed by atoms with Crippen LogP contribution in [-0.2, 0) is 9.53 Å². The lowest BCUT2D eigenvalue weighted by molar-refractivity contribution is -0.143. The molecule has 0 rings (SSSR count). The maximum Gasteiger partial charge on any atom is 0.322 e. The second-order valence-corrected chi connectivity index (χ2v) is 3.54. The first-order valence-electron chi connectivity index (χ1n) is 4.95. The van der Waals surface area contributed by atoms with Gasteiger partial charge in [0.05, 0.1) is 7.11 Å². The van der Waals surface area contributed by atoms with Crippen molar-refractivity contribution in [3.63, 3.8) is 0 Å². The Hall–Kier alpha value is -0.570. The van der Waals surface area contributed by atoms with Crippen molar-refractivity contribution in [3.05, 3.63) is 0 Å². The summed E-state index contributed by atoms with van der Waals surface area (Å²) in [6.07, 6.45) is 3.02. The van der Waals surface area contributed by atoms with Crippen molar-refractivity contribution in [1.29, 1.82) is 0 Å². The highest BCUT2D eigenvalue weighted by atomic mass is 16.5. The monoisotopic (exact) mass is 187 g/mol. The summed E-state index contributed by atoms with van der Waals surface area (Å²) >= 11 is 0. The summed E-state index contributed by atoms with van der Waals surface area (Å²) in [4.78, 5) is 11.3. The number of carbonyl (C=O) groups is 1. The zero-order valence-corrected chi connectivity index (χ0v) is 9.09. The molecule has 3 nitrogen and oxygen atoms in total. The second-order valence-electron chi connectivity index (χ2n) is 3.54. The lowest BCUT2D eigenvalue weighted by Crippen LogP contribution is -2.41. The van der Waals surface area contributed by atoms with Crippen molar-refractivity contribution in [3.8, 4) is 0 Å². The minimum absolute atomic E-state index is 0.134. The minimum Gasteiger partial charge on any atom is -0.468 e. The van der Waals surface area contributed by atoms with E-state index in [1.165, 1.54) is 7.11 Å². The largest absolute Gasteiger partial charge is 0.468 e. The summed E-state index contributed by atoms with van der Waals surface area (Å²) in [5.74, 6) is -0.151. The molecule has 1 N–H and O–H groups in total. The normalized spacial score (nSPS) is 13.0. The van der Waals surface area contributed by atoms with Crippen LogP contribution in [-0.4, -0.2) is 25.2 Å². The summed E-state index contributed by atoms with van der Waals surface area (Å²) in [6, 6.07) is 0.186. The molecule has 78 valence electrons. The van der Waals surface area contributed by atoms with Crippen LogP contribution in [0.25, 0.3) is 0 Å². The Morgan fingerprint density at radius 1 is 1.46 bits per heavy atom. The molecule has 0 aliphatic rings. The van der Waals surface area contributed by atoms with Gasteiger partial charge in [0, 0.05) is 6.04 Å². The Kier molecular flexibility index (Phi) is 6.59. The van der Waals surface area contributed by atoms with Crippen molar-refractivity contribution >= 4 is 5.97 Å². The third kappa shape index (κ3) is 5.64. The molecule has 0 saturated heterocycles. The van der Waals surface area contributed by atoms with Crippen LogP contribution in [0, 0.1) is 0 Å². The first-order valence-corrected chi connectivity index (χ1v) is 4.95. The van der Waals surface area contributed by atoms with Crippen molar-refractivity contribution in [1.82, 2.24) is 5.32 Å². The zero-order chi connectivity index (χ0) is 10.3. The Labute approximate surface area is 80.8 Å². The van der Waals surface area contributed by atoms with Crippen LogP contribution in [0.5, 0.6) is 0 Å². The van der Waals surface area contributed by atoms with Gasteiger partial charge in [-0.25, -0.2) is 0 Å². The molecule has 0 aliphatic heterocycles. The second kappa shape index (κ2) is 6.89. The fourth-order valence-electron chi connectivity index (χ4n) is 1.22. The first kappa shape index (κ1) is 12.4. The number of rotatable bonds is 6. The van der Waals surface area contributed by atoms with Gasteiger partial charge >= 0.3 is 5.97 Å². The molecule has 13 heavy (non-hydrogen) atoms. The Balaban J connectivity index is 3.94. The highest BCUT2D eigenvalue weighted by molar-refractivity contribution is 5.75. The third-order valence-electron chi connectivity index (χ3n) is 1.87. The standard InChI is InChI=1S/C10H21NO2/c1-5-6-7-9(10(12)13-4)11-8(2)3/h8-9,11H,5-7H2,1-4H3. The molecule has 0 aromatic carbocycles. The van der Waals surface area contributed by atoms with Crippen molar-refractivity contribution in [2.75, 3.05) is 7.11 Å². The topological polar surface area (TPSA) is 38.3 Å². The average molecular weight is 187 g/mol. The predicted octanol–water partition coefficient (Wildman–Crippen LogP) is 1.72. The quantitative estimate of drug-likeness (QED) is 0.643. The smallest absolute Gasteiger partial charge is 0.322 e. The number of hydrogen-bond donors (Lipinski definition) is 1. The van der Waals surface area contributed by atoms with Crippen LogP contribution in [0.4, 0.5) is 0 Å². The van der Waals surface area contributed by atoms with Gasteiger partial charge in [0.2, 0.25) is 0 Å². The summed E-state index contributed by atoms with van der Waals surface area (Å²) in [6.45, 7) is 6.17. The number of nitrogens with one attached hydrogen (secondary N) is 1. The third-order valence-corrected chi connectivity index (χ3v) is 1.87. The highest BCUT2D eigenvalue weighted by Crippen LogP contribution is 2.03. The van der Waals surface area contributed by atoms with E-state index in [0.29, 0.717) is 6.04 Å². The van der Waals surface area contributed by atoms with E-state index in [4.69, 9.17) is 4.74 Å². The molecule has 0 aromatic heterocycles. The number of hydrogen-bond acceptors (Lipinski definition) is 3. The fraction of sp³-hybridized carbons (Fsp3) is 0.900. The first-order chi connectivity index (χ1) is 6.11. The van der Waals surface area contributed by atoms with E-state index in [9.17, 15) is 4.79 Å². The minimum atomic E-state index is -0.151. The van der Waals surface area contributed by atoms with Crippen LogP contribution >= 0.6 is 0 Å². The van der Waals surface area contributed by atoms with Crippen LogP contribution in [0.15, 0.2) is 0 Å². The van der Waals surface area contributed by atoms with E-state index >= 15 is 0 Å². The van der Waals surface area contributed by atoms with Crippen LogP contribution < -0.4 is 5.32 Å². The Bertz CT molecular complexity index is 146. The van der Waals surface area contributed by atoms with Gasteiger partial charge < -0.3 is 10.1 Å². The van der Waals surface area contributed by atoms with E-state index in [2.05, 4.69) is 12.2 Å². The maximum atomic E-state index is 11.3. The predicted molar refractivity (Wildman–Crippen MR) is 53.6 cm³/mol. The molecule has 0 heterocycles. The Morgan fingerprint density at radius 3 is 2.46 bits per heavy atom. The molecule has 0 bridgehead atoms. The van der Waals surface area contributed by atoms with Gasteiger partial charge in [-0.3, -0.25) is 4.79 Å². The number of carbonyl (C=O) groups excluding carboxylic acids is 1. The average Bonchev–Trinajstić information content (AvgIpc) is 2.10. The van der Waals surface area contributed by atoms with Gasteiger partial charge in [0.25, 0.3) is 0 Å². The summed E-state index contributed by atoms with van der Waals surface area (Å²) in [5, 5.41) is 3.19. The highest BCUT2D eigenvalue weighted by Gasteiger charge is 2.18. The molecule has 0 aromatic rings. The van der Waals surface area contributed by atoms with E-state index in [0.717, 1.165) is 19.3 Å². The molecule has 3 heteroatoms. The summed E-state index contributed by atoms with van der Waals surface area (Å²) in [5.41, 5.74) is 0. The van der Waals surface area contributed by atoms with Gasteiger partial charge in [-0.15, -0.1) is 0 Å². The van der Waals surface area contributed by atoms with Gasteiger partial charge in [-0.05, 0) is 6.42 Å². The SMILES string of the molecule is CCCCC(NC(C)C)C(=O)OC. The number of ether oxygens (including phenoxy) is 1. The van der Waals surface area contributed by atoms with E-state index in [1.807, 2.05) is 13.8 Å². The fourth-order valence-corrected chi connectivity index (χ4v) is 1.22. The van der Waals surface area contributed by atoms with E-state index in [-0.39, 0.29) is 12.0 Å². The van der Waals surface area contributed by atoms with Gasteiger partial charge in [0.1, 0.15) is 6.04 Å². The molecular weight excluding hydrogens is 166 g/mol. The van der Waals surface area contributed by atoms with E-state index in [1.54, 1.807) is 0 Å². The molecule has 0 aliphatic carbocycles. The van der Waals surface area contributed by atoms with Gasteiger partial charge in [0.15, 0.2) is 0 Å². The molecule has 0 amide bonds. The van der Waals surface area contributed by atoms with Gasteiger partial charge in [-0.2, -0.15) is 0 Å². The molecular formula is C10H21NO2. The summed E-state index contributed by atoms with van der Waals surface area (Å²) < 4.78 is 4.71. The number of esters is 1. The zero-order valence-electron chi connectivity index (χ0n) is 9.09. The number of unbranched alkanes of at least 4 members (excludes halogenated alkanes) is 1. The van der Waals surface area contributed by atoms with Crippen LogP contribution in [0.2, 0.25) is 0 Å². The van der Waals surface area contributed by atoms with E-state index < -0.39 is 0 Å². The number of methoxy groups -OCH3 is 1. The van der Waals surface area contributed by atoms with Crippen molar-refractivity contribution < 1.29 is 9.53 Å². The molecule has 1 unspecified atom stereocenters. The Morgan fingerprint density at radius 2 is 2.08 bits per heavy atom. The lowest BCUT2D eigenvalue weighted by atomic mass is 10.1. The van der Waals surface area contributed by atoms with Crippen molar-refractivity contribution in [2.24, 2.45) is 0 Å². The molecule has 1 atom stereocenters. The lowest BCUT2D eigenvalue weighted by Gasteiger charge is -2.18. The van der Waals surface area contributed by atoms with Crippen LogP contribution in [0.1, 0.15) is 40.0 Å². The van der Waals surface area contributed by atoms with Gasteiger partial charge in [-0.1, -0.05) is 33.6 Å². The van der Waals surface area contributed by atoms with Crippen molar-refractivity contribution in [2.45, 2.75) is 52.1 Å². The maximum absolute atomic E-state index is 11.3. The molecule has 0 radical (unpaired) electrons. The molecule has 0 saturated carbocycles.